The van der Waals surface area contributed by atoms with Crippen LogP contribution in [0.3, 0.4) is 0 Å². The van der Waals surface area contributed by atoms with Gasteiger partial charge in [-0.05, 0) is 57.2 Å². The van der Waals surface area contributed by atoms with Gasteiger partial charge in [0.05, 0.1) is 11.7 Å². The van der Waals surface area contributed by atoms with E-state index in [9.17, 15) is 5.11 Å². The van der Waals surface area contributed by atoms with Crippen LogP contribution >= 0.6 is 11.8 Å². The van der Waals surface area contributed by atoms with Crippen molar-refractivity contribution < 1.29 is 9.84 Å². The van der Waals surface area contributed by atoms with Crippen LogP contribution < -0.4 is 0 Å². The van der Waals surface area contributed by atoms with E-state index in [1.165, 1.54) is 24.3 Å². The van der Waals surface area contributed by atoms with Crippen LogP contribution in [0.5, 0.6) is 0 Å². The van der Waals surface area contributed by atoms with Gasteiger partial charge in [0.2, 0.25) is 0 Å². The lowest BCUT2D eigenvalue weighted by atomic mass is 9.77. The normalized spacial score (nSPS) is 36.7. The zero-order chi connectivity index (χ0) is 14.9. The number of ether oxygens (including phenoxy) is 1. The van der Waals surface area contributed by atoms with Crippen molar-refractivity contribution in [1.82, 2.24) is 9.80 Å². The molecule has 122 valence electrons. The Morgan fingerprint density at radius 1 is 1.24 bits per heavy atom. The first kappa shape index (κ1) is 16.1. The van der Waals surface area contributed by atoms with Gasteiger partial charge in [-0.15, -0.1) is 0 Å². The second-order valence-electron chi connectivity index (χ2n) is 7.20. The summed E-state index contributed by atoms with van der Waals surface area (Å²) in [6, 6.07) is 0.280. The highest BCUT2D eigenvalue weighted by Crippen LogP contribution is 2.41. The van der Waals surface area contributed by atoms with E-state index in [1.54, 1.807) is 0 Å². The number of aliphatic hydroxyl groups is 1. The molecule has 3 heterocycles. The molecule has 21 heavy (non-hydrogen) atoms. The molecule has 0 aromatic rings. The van der Waals surface area contributed by atoms with Crippen LogP contribution in [-0.2, 0) is 4.74 Å². The fourth-order valence-corrected chi connectivity index (χ4v) is 5.41. The number of nitrogens with zero attached hydrogens (tertiary/aromatic N) is 2. The maximum Gasteiger partial charge on any atom is 0.0737 e. The molecule has 0 aromatic carbocycles. The van der Waals surface area contributed by atoms with Crippen LogP contribution in [0.2, 0.25) is 0 Å². The molecule has 0 amide bonds. The van der Waals surface area contributed by atoms with Crippen molar-refractivity contribution >= 4 is 11.8 Å². The van der Waals surface area contributed by atoms with Gasteiger partial charge in [0, 0.05) is 32.3 Å². The number of aliphatic hydroxyl groups excluding tert-OH is 1. The fourth-order valence-electron chi connectivity index (χ4n) is 4.18. The molecule has 3 atom stereocenters. The van der Waals surface area contributed by atoms with Gasteiger partial charge < -0.3 is 14.7 Å². The van der Waals surface area contributed by atoms with E-state index < -0.39 is 0 Å². The monoisotopic (exact) mass is 314 g/mol. The van der Waals surface area contributed by atoms with Gasteiger partial charge in [-0.1, -0.05) is 0 Å². The van der Waals surface area contributed by atoms with Gasteiger partial charge in [0.15, 0.2) is 0 Å². The predicted octanol–water partition coefficient (Wildman–Crippen LogP) is 1.29. The first-order valence-electron chi connectivity index (χ1n) is 8.38. The molecule has 4 nitrogen and oxygen atoms in total. The Kier molecular flexibility index (Phi) is 5.16. The van der Waals surface area contributed by atoms with Crippen molar-refractivity contribution in [3.05, 3.63) is 0 Å². The molecule has 0 aliphatic carbocycles. The number of rotatable bonds is 2. The second-order valence-corrected chi connectivity index (χ2v) is 8.42. The summed E-state index contributed by atoms with van der Waals surface area (Å²) in [5.41, 5.74) is 0.0777. The molecule has 0 bridgehead atoms. The summed E-state index contributed by atoms with van der Waals surface area (Å²) >= 11 is 2.04. The zero-order valence-electron chi connectivity index (χ0n) is 13.5. The van der Waals surface area contributed by atoms with E-state index in [4.69, 9.17) is 4.74 Å². The van der Waals surface area contributed by atoms with E-state index in [2.05, 4.69) is 23.9 Å². The summed E-state index contributed by atoms with van der Waals surface area (Å²) in [6.45, 7) is 3.98. The zero-order valence-corrected chi connectivity index (χ0v) is 14.3. The standard InChI is InChI=1S/C16H30N2O2S/c1-17-6-7-18(2)14(12-17)15(19)13-3-8-20-16(11-13)4-9-21-10-5-16/h13-15,19H,3-12H2,1-2H3. The van der Waals surface area contributed by atoms with Crippen LogP contribution in [0, 0.1) is 5.92 Å². The number of hydrogen-bond donors (Lipinski definition) is 1. The summed E-state index contributed by atoms with van der Waals surface area (Å²) < 4.78 is 6.17. The van der Waals surface area contributed by atoms with E-state index in [-0.39, 0.29) is 17.7 Å². The molecule has 3 fully saturated rings. The quantitative estimate of drug-likeness (QED) is 0.831. The van der Waals surface area contributed by atoms with E-state index in [0.717, 1.165) is 39.1 Å². The Labute approximate surface area is 133 Å². The lowest BCUT2D eigenvalue weighted by Gasteiger charge is -2.48. The van der Waals surface area contributed by atoms with Gasteiger partial charge in [-0.25, -0.2) is 0 Å². The minimum Gasteiger partial charge on any atom is -0.391 e. The van der Waals surface area contributed by atoms with Crippen LogP contribution in [0.25, 0.3) is 0 Å². The lowest BCUT2D eigenvalue weighted by Crippen LogP contribution is -2.58. The highest BCUT2D eigenvalue weighted by atomic mass is 32.2. The molecule has 3 aliphatic heterocycles. The molecule has 0 aromatic heterocycles. The number of piperazine rings is 1. The third kappa shape index (κ3) is 3.58. The molecular weight excluding hydrogens is 284 g/mol. The van der Waals surface area contributed by atoms with E-state index in [1.807, 2.05) is 11.8 Å². The van der Waals surface area contributed by atoms with E-state index >= 15 is 0 Å². The summed E-state index contributed by atoms with van der Waals surface area (Å²) in [7, 11) is 4.32. The maximum atomic E-state index is 11.0. The average Bonchev–Trinajstić information content (AvgIpc) is 2.50. The summed E-state index contributed by atoms with van der Waals surface area (Å²) in [4.78, 5) is 4.70. The Morgan fingerprint density at radius 2 is 2.00 bits per heavy atom. The molecule has 3 rings (SSSR count). The van der Waals surface area contributed by atoms with Crippen LogP contribution in [0.15, 0.2) is 0 Å². The van der Waals surface area contributed by atoms with E-state index in [0.29, 0.717) is 5.92 Å². The Hall–Kier alpha value is 0.190. The maximum absolute atomic E-state index is 11.0. The topological polar surface area (TPSA) is 35.9 Å². The highest BCUT2D eigenvalue weighted by molar-refractivity contribution is 7.99. The third-order valence-corrected chi connectivity index (χ3v) is 6.70. The Bertz CT molecular complexity index is 344. The molecule has 0 saturated carbocycles. The van der Waals surface area contributed by atoms with Gasteiger partial charge in [0.25, 0.3) is 0 Å². The van der Waals surface area contributed by atoms with Crippen LogP contribution in [0.4, 0.5) is 0 Å². The van der Waals surface area contributed by atoms with Crippen molar-refractivity contribution in [2.24, 2.45) is 5.92 Å². The lowest BCUT2D eigenvalue weighted by molar-refractivity contribution is -0.132. The van der Waals surface area contributed by atoms with Gasteiger partial charge in [0.1, 0.15) is 0 Å². The highest BCUT2D eigenvalue weighted by Gasteiger charge is 2.43. The third-order valence-electron chi connectivity index (χ3n) is 5.71. The molecule has 3 saturated heterocycles. The number of thioether (sulfide) groups is 1. The number of hydrogen-bond acceptors (Lipinski definition) is 5. The Balaban J connectivity index is 1.64. The molecular formula is C16H30N2O2S. The summed E-state index contributed by atoms with van der Waals surface area (Å²) in [5, 5.41) is 11.0. The van der Waals surface area contributed by atoms with Crippen LogP contribution in [-0.4, -0.2) is 84.5 Å². The average molecular weight is 314 g/mol. The van der Waals surface area contributed by atoms with Crippen molar-refractivity contribution in [2.45, 2.75) is 43.4 Å². The van der Waals surface area contributed by atoms with Crippen LogP contribution in [0.1, 0.15) is 25.7 Å². The van der Waals surface area contributed by atoms with Crippen molar-refractivity contribution in [3.8, 4) is 0 Å². The SMILES string of the molecule is CN1CCN(C)C(C(O)C2CCOC3(CCSCC3)C2)C1. The smallest absolute Gasteiger partial charge is 0.0737 e. The van der Waals surface area contributed by atoms with Crippen molar-refractivity contribution in [2.75, 3.05) is 51.8 Å². The van der Waals surface area contributed by atoms with Gasteiger partial charge in [-0.2, -0.15) is 11.8 Å². The van der Waals surface area contributed by atoms with Crippen molar-refractivity contribution in [1.29, 1.82) is 0 Å². The molecule has 3 aliphatic rings. The van der Waals surface area contributed by atoms with Gasteiger partial charge in [-0.3, -0.25) is 4.90 Å². The first-order chi connectivity index (χ1) is 10.1. The Morgan fingerprint density at radius 3 is 2.76 bits per heavy atom. The summed E-state index contributed by atoms with van der Waals surface area (Å²) in [6.07, 6.45) is 4.20. The molecule has 5 heteroatoms. The minimum absolute atomic E-state index is 0.0777. The molecule has 3 unspecified atom stereocenters. The van der Waals surface area contributed by atoms with Crippen molar-refractivity contribution in [3.63, 3.8) is 0 Å². The summed E-state index contributed by atoms with van der Waals surface area (Å²) in [5.74, 6) is 2.84. The largest absolute Gasteiger partial charge is 0.391 e. The first-order valence-corrected chi connectivity index (χ1v) is 9.54. The van der Waals surface area contributed by atoms with Gasteiger partial charge >= 0.3 is 0 Å². The number of likely N-dealkylation sites (N-methyl/N-ethyl adjacent to an activating group) is 2. The minimum atomic E-state index is -0.215. The molecule has 0 radical (unpaired) electrons. The predicted molar refractivity (Wildman–Crippen MR) is 87.9 cm³/mol. The molecule has 1 N–H and O–H groups in total. The second kappa shape index (κ2) is 6.75. The fraction of sp³-hybridized carbons (Fsp3) is 1.00. The molecule has 1 spiro atoms.